The first-order valence-electron chi connectivity index (χ1n) is 13.7. The van der Waals surface area contributed by atoms with Gasteiger partial charge >= 0.3 is 23.1 Å². The number of nitrogens with zero attached hydrogens (tertiary/aromatic N) is 2. The zero-order valence-corrected chi connectivity index (χ0v) is 25.9. The molecule has 5 rings (SSSR count). The molecule has 0 radical (unpaired) electrons. The van der Waals surface area contributed by atoms with Gasteiger partial charge in [-0.15, -0.1) is 0 Å². The van der Waals surface area contributed by atoms with Crippen LogP contribution in [0, 0.1) is 0 Å². The molecule has 0 spiro atoms. The Morgan fingerprint density at radius 3 is 1.55 bits per heavy atom. The molecular weight excluding hydrogens is 529 g/mol. The topological polar surface area (TPSA) is 119 Å². The van der Waals surface area contributed by atoms with Crippen molar-refractivity contribution in [3.05, 3.63) is 71.3 Å². The molecule has 10 heteroatoms. The third kappa shape index (κ3) is 11.6. The summed E-state index contributed by atoms with van der Waals surface area (Å²) in [6.07, 6.45) is 18.9. The van der Waals surface area contributed by atoms with Crippen LogP contribution in [0.15, 0.2) is 48.5 Å². The summed E-state index contributed by atoms with van der Waals surface area (Å²) in [7, 11) is 0. The van der Waals surface area contributed by atoms with Crippen LogP contribution in [0.5, 0.6) is 0 Å². The van der Waals surface area contributed by atoms with Crippen molar-refractivity contribution < 1.29 is 2.85 Å². The fourth-order valence-corrected chi connectivity index (χ4v) is 4.40. The monoisotopic (exact) mass is 572 g/mol. The van der Waals surface area contributed by atoms with Gasteiger partial charge in [0.1, 0.15) is 0 Å². The number of hydrogen-bond acceptors (Lipinski definition) is 6. The number of H-pyrrole nitrogens is 2. The van der Waals surface area contributed by atoms with E-state index in [0.717, 1.165) is 51.4 Å². The Balaban J connectivity index is 0.000000828. The molecule has 0 fully saturated rings. The third-order valence-corrected chi connectivity index (χ3v) is 6.36. The molecule has 0 atom stereocenters. The minimum absolute atomic E-state index is 0. The van der Waals surface area contributed by atoms with Gasteiger partial charge < -0.3 is 12.8 Å². The van der Waals surface area contributed by atoms with Crippen molar-refractivity contribution in [2.75, 3.05) is 6.54 Å². The van der Waals surface area contributed by atoms with Gasteiger partial charge in [0.25, 0.3) is 0 Å². The molecule has 8 nitrogen and oxygen atoms in total. The Morgan fingerprint density at radius 1 is 0.650 bits per heavy atom. The van der Waals surface area contributed by atoms with Crippen molar-refractivity contribution in [1.29, 1.82) is 0 Å². The molecule has 3 aromatic rings. The molecule has 3 aromatic heterocycles. The molecule has 0 aliphatic carbocycles. The second-order valence-electron chi connectivity index (χ2n) is 9.58. The summed E-state index contributed by atoms with van der Waals surface area (Å²) in [6.45, 7) is 3.23. The summed E-state index contributed by atoms with van der Waals surface area (Å²) >= 11 is 0. The smallest absolute Gasteiger partial charge is 1.00 e. The van der Waals surface area contributed by atoms with Crippen molar-refractivity contribution in [2.24, 2.45) is 5.84 Å². The Hall–Kier alpha value is -2.44. The van der Waals surface area contributed by atoms with Crippen molar-refractivity contribution in [3.63, 3.8) is 0 Å². The summed E-state index contributed by atoms with van der Waals surface area (Å²) in [5.74, 6) is 5.01. The standard InChI is InChI=1S/C20H14N4.C10H26N4.Mg.H2S.2H/c1-2-14-10-16-5-6-18(23-16)12-20-8-7-19(24-20)11-17-4-3-15(22-17)9-13(1)21-14;1-2-3-4-5-6-7-8-9-10-12-14-13-11;;;;/h1-12,21-22H;12-14H,2-11H2,1H3;;1H2;;/q;;+2;;2*-1. The van der Waals surface area contributed by atoms with E-state index in [2.05, 4.69) is 73.7 Å². The van der Waals surface area contributed by atoms with Gasteiger partial charge in [-0.05, 0) is 79.3 Å². The molecule has 8 bridgehead atoms. The van der Waals surface area contributed by atoms with Crippen LogP contribution >= 0.6 is 13.5 Å². The quantitative estimate of drug-likeness (QED) is 0.0484. The van der Waals surface area contributed by atoms with Gasteiger partial charge in [0.2, 0.25) is 0 Å². The maximum atomic E-state index is 5.01. The fourth-order valence-electron chi connectivity index (χ4n) is 4.40. The Labute approximate surface area is 263 Å². The Kier molecular flexibility index (Phi) is 15.9. The number of nitrogens with two attached hydrogens (primary N) is 1. The van der Waals surface area contributed by atoms with Gasteiger partial charge in [-0.25, -0.2) is 15.4 Å². The first-order chi connectivity index (χ1) is 18.7. The number of unbranched alkanes of at least 4 members (excludes halogenated alkanes) is 7. The second-order valence-corrected chi connectivity index (χ2v) is 9.58. The Bertz CT molecular complexity index is 1290. The summed E-state index contributed by atoms with van der Waals surface area (Å²) in [4.78, 5) is 16.0. The molecule has 0 saturated carbocycles. The van der Waals surface area contributed by atoms with Gasteiger partial charge in [0, 0.05) is 28.6 Å². The molecule has 0 aromatic carbocycles. The van der Waals surface area contributed by atoms with E-state index in [1.54, 1.807) is 0 Å². The average Bonchev–Trinajstić information content (AvgIpc) is 3.72. The fraction of sp³-hybridized carbons (Fsp3) is 0.333. The molecule has 2 aliphatic rings. The first kappa shape index (κ1) is 33.8. The SMILES string of the molecule is C1=Cc2cc3ccc(cc4ccc(cc5nc(cc1n2)C=C5)[nH]4)[nH]3.CCCCCCCCCCNNNN.S.[H-].[H-].[Mg+2]. The van der Waals surface area contributed by atoms with Crippen LogP contribution in [0.2, 0.25) is 0 Å². The van der Waals surface area contributed by atoms with E-state index in [4.69, 9.17) is 5.84 Å². The summed E-state index contributed by atoms with van der Waals surface area (Å²) < 4.78 is 0. The summed E-state index contributed by atoms with van der Waals surface area (Å²) in [5.41, 5.74) is 15.8. The van der Waals surface area contributed by atoms with E-state index in [-0.39, 0.29) is 39.4 Å². The largest absolute Gasteiger partial charge is 2.00 e. The molecule has 2 aliphatic heterocycles. The minimum Gasteiger partial charge on any atom is -1.00 e. The van der Waals surface area contributed by atoms with E-state index in [9.17, 15) is 0 Å². The van der Waals surface area contributed by atoms with Crippen molar-refractivity contribution in [1.82, 2.24) is 36.4 Å². The number of rotatable bonds is 11. The number of aromatic nitrogens is 4. The molecule has 0 saturated heterocycles. The van der Waals surface area contributed by atoms with Crippen LogP contribution in [0.1, 0.15) is 83.9 Å². The third-order valence-electron chi connectivity index (χ3n) is 6.36. The molecule has 40 heavy (non-hydrogen) atoms. The van der Waals surface area contributed by atoms with Gasteiger partial charge in [0.05, 0.1) is 22.8 Å². The van der Waals surface area contributed by atoms with Crippen molar-refractivity contribution in [3.8, 4) is 0 Å². The number of hydrazine groups is 3. The van der Waals surface area contributed by atoms with Crippen LogP contribution in [-0.2, 0) is 0 Å². The van der Waals surface area contributed by atoms with Crippen molar-refractivity contribution >= 4 is 82.9 Å². The molecule has 0 unspecified atom stereocenters. The van der Waals surface area contributed by atoms with Crippen LogP contribution in [0.3, 0.4) is 0 Å². The maximum absolute atomic E-state index is 5.01. The normalized spacial score (nSPS) is 11.3. The van der Waals surface area contributed by atoms with E-state index in [1.807, 2.05) is 42.5 Å². The van der Waals surface area contributed by atoms with E-state index in [0.29, 0.717) is 0 Å². The zero-order valence-electron chi connectivity index (χ0n) is 25.5. The van der Waals surface area contributed by atoms with Crippen LogP contribution in [0.25, 0.3) is 46.4 Å². The maximum Gasteiger partial charge on any atom is 2.00 e. The number of aromatic amines is 2. The van der Waals surface area contributed by atoms with E-state index >= 15 is 0 Å². The van der Waals surface area contributed by atoms with Gasteiger partial charge in [0.15, 0.2) is 0 Å². The zero-order chi connectivity index (χ0) is 26.4. The van der Waals surface area contributed by atoms with E-state index < -0.39 is 0 Å². The van der Waals surface area contributed by atoms with Crippen molar-refractivity contribution in [2.45, 2.75) is 58.3 Å². The molecule has 7 N–H and O–H groups in total. The molecule has 5 heterocycles. The van der Waals surface area contributed by atoms with Crippen LogP contribution in [-0.4, -0.2) is 49.5 Å². The Morgan fingerprint density at radius 2 is 1.07 bits per heavy atom. The first-order valence-corrected chi connectivity index (χ1v) is 13.7. The van der Waals surface area contributed by atoms with Gasteiger partial charge in [-0.1, -0.05) is 51.9 Å². The van der Waals surface area contributed by atoms with Gasteiger partial charge in [-0.2, -0.15) is 24.6 Å². The molecule has 0 amide bonds. The number of nitrogens with one attached hydrogen (secondary N) is 5. The predicted octanol–water partition coefficient (Wildman–Crippen LogP) is 6.21. The summed E-state index contributed by atoms with van der Waals surface area (Å²) in [5, 5.41) is 0. The average molecular weight is 573 g/mol. The van der Waals surface area contributed by atoms with Gasteiger partial charge in [-0.3, -0.25) is 5.84 Å². The van der Waals surface area contributed by atoms with Crippen LogP contribution < -0.4 is 22.3 Å². The number of hydrogen-bond donors (Lipinski definition) is 6. The molecule has 212 valence electrons. The second kappa shape index (κ2) is 18.8. The summed E-state index contributed by atoms with van der Waals surface area (Å²) in [6, 6.07) is 16.4. The molecular formula is C30H44MgN8S. The van der Waals surface area contributed by atoms with E-state index in [1.165, 1.54) is 51.4 Å². The van der Waals surface area contributed by atoms with Crippen LogP contribution in [0.4, 0.5) is 0 Å². The minimum atomic E-state index is 0. The number of fused-ring (bicyclic) bond motifs is 8. The predicted molar refractivity (Wildman–Crippen MR) is 178 cm³/mol.